The van der Waals surface area contributed by atoms with Crippen molar-refractivity contribution < 1.29 is 14.3 Å². The van der Waals surface area contributed by atoms with E-state index in [0.717, 1.165) is 21.7 Å². The van der Waals surface area contributed by atoms with Crippen LogP contribution >= 0.6 is 11.3 Å². The molecule has 0 fully saturated rings. The molecule has 2 N–H and O–H groups in total. The zero-order valence-electron chi connectivity index (χ0n) is 17.3. The van der Waals surface area contributed by atoms with E-state index in [0.29, 0.717) is 10.8 Å². The van der Waals surface area contributed by atoms with Crippen LogP contribution in [0.2, 0.25) is 0 Å². The van der Waals surface area contributed by atoms with Crippen LogP contribution < -0.4 is 10.6 Å². The van der Waals surface area contributed by atoms with Gasteiger partial charge in [-0.3, -0.25) is 9.59 Å². The highest BCUT2D eigenvalue weighted by atomic mass is 32.1. The minimum Gasteiger partial charge on any atom is -0.455 e. The lowest BCUT2D eigenvalue weighted by Gasteiger charge is -2.26. The normalized spacial score (nSPS) is 10.8. The maximum atomic E-state index is 12.7. The summed E-state index contributed by atoms with van der Waals surface area (Å²) in [6.07, 6.45) is 0.0123. The zero-order valence-corrected chi connectivity index (χ0v) is 18.1. The summed E-state index contributed by atoms with van der Waals surface area (Å²) in [5, 5.41) is 0.388. The van der Waals surface area contributed by atoms with Crippen molar-refractivity contribution in [1.29, 1.82) is 0 Å². The number of benzene rings is 2. The molecule has 1 heterocycles. The Kier molecular flexibility index (Phi) is 6.84. The number of nitrogens with two attached hydrogens (primary N) is 1. The number of aryl methyl sites for hydroxylation is 1. The Morgan fingerprint density at radius 1 is 1.10 bits per heavy atom. The first kappa shape index (κ1) is 21.5. The largest absolute Gasteiger partial charge is 0.455 e. The molecule has 30 heavy (non-hydrogen) atoms. The number of nitrogen functional groups attached to an aromatic ring is 1. The zero-order chi connectivity index (χ0) is 21.7. The van der Waals surface area contributed by atoms with Crippen molar-refractivity contribution in [2.75, 3.05) is 17.2 Å². The molecule has 3 rings (SSSR count). The predicted octanol–water partition coefficient (Wildman–Crippen LogP) is 4.23. The molecular formula is C23H25N3O3S. The Hall–Kier alpha value is -3.19. The molecule has 0 spiro atoms. The van der Waals surface area contributed by atoms with Crippen LogP contribution in [0.3, 0.4) is 0 Å². The fourth-order valence-electron chi connectivity index (χ4n) is 3.14. The SMILES string of the molecule is Cc1ccc(-c2nc(N)sc2CC(=O)OCC(=O)N(c2ccccc2)C(C)C)cc1. The molecule has 0 saturated heterocycles. The molecule has 6 nitrogen and oxygen atoms in total. The summed E-state index contributed by atoms with van der Waals surface area (Å²) in [7, 11) is 0. The van der Waals surface area contributed by atoms with Gasteiger partial charge in [-0.15, -0.1) is 11.3 Å². The van der Waals surface area contributed by atoms with Gasteiger partial charge in [-0.2, -0.15) is 0 Å². The van der Waals surface area contributed by atoms with Gasteiger partial charge in [-0.25, -0.2) is 4.98 Å². The molecule has 0 unspecified atom stereocenters. The van der Waals surface area contributed by atoms with Crippen LogP contribution in [0, 0.1) is 6.92 Å². The first-order chi connectivity index (χ1) is 14.3. The molecule has 2 aromatic carbocycles. The van der Waals surface area contributed by atoms with Crippen molar-refractivity contribution in [3.05, 3.63) is 65.0 Å². The van der Waals surface area contributed by atoms with E-state index in [9.17, 15) is 9.59 Å². The Morgan fingerprint density at radius 3 is 2.40 bits per heavy atom. The number of thiazole rings is 1. The topological polar surface area (TPSA) is 85.5 Å². The molecule has 0 radical (unpaired) electrons. The quantitative estimate of drug-likeness (QED) is 0.575. The van der Waals surface area contributed by atoms with E-state index in [4.69, 9.17) is 10.5 Å². The fourth-order valence-corrected chi connectivity index (χ4v) is 3.98. The molecule has 3 aromatic rings. The summed E-state index contributed by atoms with van der Waals surface area (Å²) >= 11 is 1.25. The van der Waals surface area contributed by atoms with Gasteiger partial charge >= 0.3 is 5.97 Å². The maximum absolute atomic E-state index is 12.7. The van der Waals surface area contributed by atoms with Crippen LogP contribution in [-0.4, -0.2) is 29.5 Å². The molecule has 0 aliphatic carbocycles. The van der Waals surface area contributed by atoms with E-state index in [1.165, 1.54) is 11.3 Å². The van der Waals surface area contributed by atoms with Crippen molar-refractivity contribution in [1.82, 2.24) is 4.98 Å². The van der Waals surface area contributed by atoms with Crippen LogP contribution in [0.25, 0.3) is 11.3 Å². The molecule has 0 aliphatic heterocycles. The molecule has 1 aromatic heterocycles. The number of carbonyl (C=O) groups is 2. The lowest BCUT2D eigenvalue weighted by atomic mass is 10.1. The molecular weight excluding hydrogens is 398 g/mol. The van der Waals surface area contributed by atoms with E-state index in [1.807, 2.05) is 75.4 Å². The van der Waals surface area contributed by atoms with E-state index < -0.39 is 5.97 Å². The number of hydrogen-bond donors (Lipinski definition) is 1. The summed E-state index contributed by atoms with van der Waals surface area (Å²) in [4.78, 5) is 31.8. The standard InChI is InChI=1S/C23H25N3O3S/c1-15(2)26(18-7-5-4-6-8-18)20(27)14-29-21(28)13-19-22(25-23(24)30-19)17-11-9-16(3)10-12-17/h4-12,15H,13-14H2,1-3H3,(H2,24,25). The third-order valence-electron chi connectivity index (χ3n) is 4.52. The van der Waals surface area contributed by atoms with E-state index >= 15 is 0 Å². The number of amides is 1. The number of ether oxygens (including phenoxy) is 1. The number of nitrogens with zero attached hydrogens (tertiary/aromatic N) is 2. The predicted molar refractivity (Wildman–Crippen MR) is 120 cm³/mol. The molecule has 0 bridgehead atoms. The molecule has 1 amide bonds. The minimum atomic E-state index is -0.489. The van der Waals surface area contributed by atoms with Gasteiger partial charge < -0.3 is 15.4 Å². The van der Waals surface area contributed by atoms with Gasteiger partial charge in [0.15, 0.2) is 11.7 Å². The van der Waals surface area contributed by atoms with Gasteiger partial charge in [0, 0.05) is 22.2 Å². The second-order valence-electron chi connectivity index (χ2n) is 7.22. The first-order valence-electron chi connectivity index (χ1n) is 9.70. The van der Waals surface area contributed by atoms with Crippen molar-refractivity contribution in [3.8, 4) is 11.3 Å². The Bertz CT molecular complexity index is 1010. The highest BCUT2D eigenvalue weighted by Gasteiger charge is 2.21. The molecule has 0 aliphatic rings. The van der Waals surface area contributed by atoms with Gasteiger partial charge in [0.2, 0.25) is 0 Å². The number of anilines is 2. The summed E-state index contributed by atoms with van der Waals surface area (Å²) < 4.78 is 5.29. The van der Waals surface area contributed by atoms with Crippen molar-refractivity contribution in [2.45, 2.75) is 33.2 Å². The van der Waals surface area contributed by atoms with Crippen LogP contribution in [0.1, 0.15) is 24.3 Å². The minimum absolute atomic E-state index is 0.0123. The van der Waals surface area contributed by atoms with Crippen molar-refractivity contribution in [2.24, 2.45) is 0 Å². The lowest BCUT2D eigenvalue weighted by molar-refractivity contribution is -0.147. The highest BCUT2D eigenvalue weighted by molar-refractivity contribution is 7.15. The third-order valence-corrected chi connectivity index (χ3v) is 5.40. The van der Waals surface area contributed by atoms with E-state index in [1.54, 1.807) is 4.90 Å². The van der Waals surface area contributed by atoms with Gasteiger partial charge in [0.25, 0.3) is 5.91 Å². The number of para-hydroxylation sites is 1. The number of rotatable bonds is 7. The number of aromatic nitrogens is 1. The van der Waals surface area contributed by atoms with Crippen LogP contribution in [0.4, 0.5) is 10.8 Å². The van der Waals surface area contributed by atoms with Crippen molar-refractivity contribution >= 4 is 34.0 Å². The number of carbonyl (C=O) groups excluding carboxylic acids is 2. The summed E-state index contributed by atoms with van der Waals surface area (Å²) in [6, 6.07) is 17.1. The lowest BCUT2D eigenvalue weighted by Crippen LogP contribution is -2.40. The molecule has 7 heteroatoms. The highest BCUT2D eigenvalue weighted by Crippen LogP contribution is 2.30. The number of esters is 1. The average molecular weight is 424 g/mol. The molecule has 0 saturated carbocycles. The van der Waals surface area contributed by atoms with Gasteiger partial charge in [0.05, 0.1) is 12.1 Å². The Labute approximate surface area is 180 Å². The smallest absolute Gasteiger partial charge is 0.311 e. The Morgan fingerprint density at radius 2 is 1.77 bits per heavy atom. The van der Waals surface area contributed by atoms with E-state index in [2.05, 4.69) is 4.98 Å². The van der Waals surface area contributed by atoms with Crippen molar-refractivity contribution in [3.63, 3.8) is 0 Å². The monoisotopic (exact) mass is 423 g/mol. The second-order valence-corrected chi connectivity index (χ2v) is 8.34. The van der Waals surface area contributed by atoms with E-state index in [-0.39, 0.29) is 25.0 Å². The van der Waals surface area contributed by atoms with Gasteiger partial charge in [0.1, 0.15) is 0 Å². The second kappa shape index (κ2) is 9.54. The average Bonchev–Trinajstić information content (AvgIpc) is 3.07. The molecule has 156 valence electrons. The first-order valence-corrected chi connectivity index (χ1v) is 10.5. The summed E-state index contributed by atoms with van der Waals surface area (Å²) in [6.45, 7) is 5.52. The van der Waals surface area contributed by atoms with Crippen LogP contribution in [0.5, 0.6) is 0 Å². The summed E-state index contributed by atoms with van der Waals surface area (Å²) in [5.41, 5.74) is 9.35. The number of hydrogen-bond acceptors (Lipinski definition) is 6. The maximum Gasteiger partial charge on any atom is 0.311 e. The van der Waals surface area contributed by atoms with Gasteiger partial charge in [-0.05, 0) is 32.9 Å². The third kappa shape index (κ3) is 5.24. The van der Waals surface area contributed by atoms with Crippen LogP contribution in [0.15, 0.2) is 54.6 Å². The van der Waals surface area contributed by atoms with Gasteiger partial charge in [-0.1, -0.05) is 48.0 Å². The van der Waals surface area contributed by atoms with Crippen LogP contribution in [-0.2, 0) is 20.7 Å². The Balaban J connectivity index is 1.66. The molecule has 0 atom stereocenters. The fraction of sp³-hybridized carbons (Fsp3) is 0.261. The summed E-state index contributed by atoms with van der Waals surface area (Å²) in [5.74, 6) is -0.760.